The lowest BCUT2D eigenvalue weighted by Gasteiger charge is -2.16. The van der Waals surface area contributed by atoms with Crippen LogP contribution in [0.2, 0.25) is 0 Å². The summed E-state index contributed by atoms with van der Waals surface area (Å²) in [5.41, 5.74) is 0.616. The summed E-state index contributed by atoms with van der Waals surface area (Å²) >= 11 is 0. The molecule has 0 saturated carbocycles. The Morgan fingerprint density at radius 1 is 1.24 bits per heavy atom. The van der Waals surface area contributed by atoms with Crippen LogP contribution in [0, 0.1) is 5.82 Å². The zero-order valence-corrected chi connectivity index (χ0v) is 10.5. The summed E-state index contributed by atoms with van der Waals surface area (Å²) in [5.74, 6) is -0.231. The Morgan fingerprint density at radius 2 is 1.88 bits per heavy atom. The van der Waals surface area contributed by atoms with E-state index in [4.69, 9.17) is 0 Å². The van der Waals surface area contributed by atoms with Crippen molar-refractivity contribution in [2.24, 2.45) is 0 Å². The van der Waals surface area contributed by atoms with Gasteiger partial charge in [-0.05, 0) is 38.8 Å². The van der Waals surface area contributed by atoms with Gasteiger partial charge in [0.1, 0.15) is 5.82 Å². The number of rotatable bonds is 4. The van der Waals surface area contributed by atoms with Crippen molar-refractivity contribution in [1.29, 1.82) is 0 Å². The summed E-state index contributed by atoms with van der Waals surface area (Å²) in [6.45, 7) is 5.63. The number of hydrogen-bond acceptors (Lipinski definition) is 1. The number of benzene rings is 1. The quantitative estimate of drug-likeness (QED) is 0.831. The molecule has 94 valence electrons. The second-order valence-electron chi connectivity index (χ2n) is 4.47. The number of carbonyl (C=O) groups excluding carboxylic acids is 1. The van der Waals surface area contributed by atoms with Crippen LogP contribution in [-0.4, -0.2) is 18.1 Å². The standard InChI is InChI=1S/C13H19FN2O/c1-9(2)15-13(17)16-10(3)8-11-6-4-5-7-12(11)14/h4-7,9-10H,8H2,1-3H3,(H2,15,16,17). The SMILES string of the molecule is CC(C)NC(=O)NC(C)Cc1ccccc1F. The van der Waals surface area contributed by atoms with Crippen LogP contribution in [0.3, 0.4) is 0 Å². The second-order valence-corrected chi connectivity index (χ2v) is 4.47. The predicted octanol–water partition coefficient (Wildman–Crippen LogP) is 2.46. The van der Waals surface area contributed by atoms with Crippen LogP contribution in [0.4, 0.5) is 9.18 Å². The number of carbonyl (C=O) groups is 1. The maximum absolute atomic E-state index is 13.4. The number of urea groups is 1. The van der Waals surface area contributed by atoms with Crippen LogP contribution in [0.5, 0.6) is 0 Å². The molecule has 1 atom stereocenters. The van der Waals surface area contributed by atoms with Gasteiger partial charge in [0.15, 0.2) is 0 Å². The molecule has 0 bridgehead atoms. The molecule has 17 heavy (non-hydrogen) atoms. The Balaban J connectivity index is 2.47. The number of nitrogens with one attached hydrogen (secondary N) is 2. The van der Waals surface area contributed by atoms with Crippen molar-refractivity contribution >= 4 is 6.03 Å². The van der Waals surface area contributed by atoms with Gasteiger partial charge in [0.25, 0.3) is 0 Å². The van der Waals surface area contributed by atoms with E-state index in [0.717, 1.165) is 0 Å². The molecule has 0 aliphatic carbocycles. The summed E-state index contributed by atoms with van der Waals surface area (Å²) < 4.78 is 13.4. The van der Waals surface area contributed by atoms with E-state index in [9.17, 15) is 9.18 Å². The van der Waals surface area contributed by atoms with E-state index < -0.39 is 0 Å². The highest BCUT2D eigenvalue weighted by atomic mass is 19.1. The highest BCUT2D eigenvalue weighted by Crippen LogP contribution is 2.08. The Kier molecular flexibility index (Phi) is 4.94. The first-order valence-corrected chi connectivity index (χ1v) is 5.79. The molecule has 0 aliphatic rings. The van der Waals surface area contributed by atoms with E-state index in [-0.39, 0.29) is 23.9 Å². The third-order valence-electron chi connectivity index (χ3n) is 2.28. The van der Waals surface area contributed by atoms with Crippen LogP contribution in [0.25, 0.3) is 0 Å². The first-order chi connectivity index (χ1) is 7.99. The van der Waals surface area contributed by atoms with Gasteiger partial charge in [0.05, 0.1) is 0 Å². The summed E-state index contributed by atoms with van der Waals surface area (Å²) in [5, 5.41) is 5.50. The van der Waals surface area contributed by atoms with E-state index in [1.54, 1.807) is 18.2 Å². The van der Waals surface area contributed by atoms with Crippen molar-refractivity contribution < 1.29 is 9.18 Å². The molecule has 0 saturated heterocycles. The molecule has 2 N–H and O–H groups in total. The minimum atomic E-state index is -0.231. The fraction of sp³-hybridized carbons (Fsp3) is 0.462. The van der Waals surface area contributed by atoms with Crippen LogP contribution < -0.4 is 10.6 Å². The molecule has 0 aliphatic heterocycles. The molecular weight excluding hydrogens is 219 g/mol. The van der Waals surface area contributed by atoms with Crippen molar-refractivity contribution in [2.75, 3.05) is 0 Å². The van der Waals surface area contributed by atoms with E-state index in [1.165, 1.54) is 6.07 Å². The summed E-state index contributed by atoms with van der Waals surface area (Å²) in [6.07, 6.45) is 0.484. The van der Waals surface area contributed by atoms with E-state index >= 15 is 0 Å². The first-order valence-electron chi connectivity index (χ1n) is 5.79. The van der Waals surface area contributed by atoms with Gasteiger partial charge in [0.2, 0.25) is 0 Å². The zero-order chi connectivity index (χ0) is 12.8. The second kappa shape index (κ2) is 6.23. The average Bonchev–Trinajstić information content (AvgIpc) is 2.19. The molecule has 4 heteroatoms. The zero-order valence-electron chi connectivity index (χ0n) is 10.5. The molecule has 3 nitrogen and oxygen atoms in total. The highest BCUT2D eigenvalue weighted by molar-refractivity contribution is 5.74. The van der Waals surface area contributed by atoms with Gasteiger partial charge in [-0.15, -0.1) is 0 Å². The van der Waals surface area contributed by atoms with Crippen LogP contribution in [0.1, 0.15) is 26.3 Å². The van der Waals surface area contributed by atoms with Crippen molar-refractivity contribution in [1.82, 2.24) is 10.6 Å². The smallest absolute Gasteiger partial charge is 0.315 e. The van der Waals surface area contributed by atoms with Gasteiger partial charge in [-0.1, -0.05) is 18.2 Å². The fourth-order valence-electron chi connectivity index (χ4n) is 1.57. The van der Waals surface area contributed by atoms with Gasteiger partial charge in [0, 0.05) is 12.1 Å². The lowest BCUT2D eigenvalue weighted by molar-refractivity contribution is 0.235. The Hall–Kier alpha value is -1.58. The Labute approximate surface area is 101 Å². The number of hydrogen-bond donors (Lipinski definition) is 2. The number of halogens is 1. The Bertz CT molecular complexity index is 379. The molecule has 0 heterocycles. The molecular formula is C13H19FN2O. The molecule has 1 aromatic rings. The highest BCUT2D eigenvalue weighted by Gasteiger charge is 2.10. The van der Waals surface area contributed by atoms with Crippen molar-refractivity contribution in [3.8, 4) is 0 Å². The first kappa shape index (κ1) is 13.5. The molecule has 2 amide bonds. The van der Waals surface area contributed by atoms with Gasteiger partial charge in [-0.2, -0.15) is 0 Å². The third-order valence-corrected chi connectivity index (χ3v) is 2.28. The van der Waals surface area contributed by atoms with Crippen molar-refractivity contribution in [3.05, 3.63) is 35.6 Å². The lowest BCUT2D eigenvalue weighted by atomic mass is 10.1. The third kappa shape index (κ3) is 4.85. The normalized spacial score (nSPS) is 12.3. The maximum Gasteiger partial charge on any atom is 0.315 e. The van der Waals surface area contributed by atoms with E-state index in [1.807, 2.05) is 20.8 Å². The van der Waals surface area contributed by atoms with Crippen LogP contribution in [-0.2, 0) is 6.42 Å². The van der Waals surface area contributed by atoms with E-state index in [0.29, 0.717) is 12.0 Å². The minimum Gasteiger partial charge on any atom is -0.336 e. The van der Waals surface area contributed by atoms with Crippen molar-refractivity contribution in [3.63, 3.8) is 0 Å². The Morgan fingerprint density at radius 3 is 2.47 bits per heavy atom. The molecule has 1 rings (SSSR count). The molecule has 0 spiro atoms. The van der Waals surface area contributed by atoms with Crippen molar-refractivity contribution in [2.45, 2.75) is 39.3 Å². The summed E-state index contributed by atoms with van der Waals surface area (Å²) in [4.78, 5) is 11.4. The minimum absolute atomic E-state index is 0.0932. The topological polar surface area (TPSA) is 41.1 Å². The van der Waals surface area contributed by atoms with Gasteiger partial charge >= 0.3 is 6.03 Å². The van der Waals surface area contributed by atoms with Gasteiger partial charge in [-0.25, -0.2) is 9.18 Å². The maximum atomic E-state index is 13.4. The lowest BCUT2D eigenvalue weighted by Crippen LogP contribution is -2.44. The molecule has 0 fully saturated rings. The van der Waals surface area contributed by atoms with Gasteiger partial charge < -0.3 is 10.6 Å². The average molecular weight is 238 g/mol. The molecule has 1 unspecified atom stereocenters. The number of amides is 2. The largest absolute Gasteiger partial charge is 0.336 e. The van der Waals surface area contributed by atoms with E-state index in [2.05, 4.69) is 10.6 Å². The molecule has 0 radical (unpaired) electrons. The molecule has 1 aromatic carbocycles. The monoisotopic (exact) mass is 238 g/mol. The fourth-order valence-corrected chi connectivity index (χ4v) is 1.57. The van der Waals surface area contributed by atoms with Crippen LogP contribution in [0.15, 0.2) is 24.3 Å². The summed E-state index contributed by atoms with van der Waals surface area (Å²) in [6, 6.07) is 6.37. The van der Waals surface area contributed by atoms with Gasteiger partial charge in [-0.3, -0.25) is 0 Å². The molecule has 0 aromatic heterocycles. The van der Waals surface area contributed by atoms with Crippen LogP contribution >= 0.6 is 0 Å². The predicted molar refractivity (Wildman–Crippen MR) is 66.4 cm³/mol. The summed E-state index contributed by atoms with van der Waals surface area (Å²) in [7, 11) is 0.